The molecule has 0 aliphatic carbocycles. The number of aromatic nitrogens is 2. The van der Waals surface area contributed by atoms with Crippen LogP contribution in [0.5, 0.6) is 0 Å². The molecule has 3 heterocycles. The maximum atomic E-state index is 14.5. The van der Waals surface area contributed by atoms with E-state index in [1.54, 1.807) is 10.9 Å². The molecule has 0 radical (unpaired) electrons. The number of amides is 2. The normalized spacial score (nSPS) is 19.5. The number of nitrogens with one attached hydrogen (secondary N) is 1. The summed E-state index contributed by atoms with van der Waals surface area (Å²) in [6.45, 7) is 10.8. The molecule has 3 atom stereocenters. The molecular weight excluding hydrogens is 509 g/mol. The Morgan fingerprint density at radius 3 is 2.40 bits per heavy atom. The zero-order valence-corrected chi connectivity index (χ0v) is 24.1. The fraction of sp³-hybridized carbons (Fsp3) is 0.452. The van der Waals surface area contributed by atoms with Gasteiger partial charge in [0.15, 0.2) is 0 Å². The molecule has 0 spiro atoms. The van der Waals surface area contributed by atoms with E-state index in [-0.39, 0.29) is 29.9 Å². The van der Waals surface area contributed by atoms with Gasteiger partial charge in [0.25, 0.3) is 5.91 Å². The van der Waals surface area contributed by atoms with E-state index in [0.717, 1.165) is 29.7 Å². The first kappa shape index (κ1) is 27.7. The summed E-state index contributed by atoms with van der Waals surface area (Å²) in [6.07, 6.45) is 5.14. The van der Waals surface area contributed by atoms with E-state index in [1.165, 1.54) is 12.1 Å². The van der Waals surface area contributed by atoms with Gasteiger partial charge in [-0.3, -0.25) is 14.4 Å². The molecule has 1 aromatic heterocycles. The van der Waals surface area contributed by atoms with Gasteiger partial charge < -0.3 is 15.0 Å². The van der Waals surface area contributed by atoms with Crippen molar-refractivity contribution in [1.82, 2.24) is 20.0 Å². The molecule has 1 N–H and O–H groups in total. The van der Waals surface area contributed by atoms with E-state index >= 15 is 0 Å². The van der Waals surface area contributed by atoms with Crippen molar-refractivity contribution in [2.75, 3.05) is 18.0 Å². The maximum absolute atomic E-state index is 14.5. The molecule has 0 unspecified atom stereocenters. The predicted molar refractivity (Wildman–Crippen MR) is 153 cm³/mol. The highest BCUT2D eigenvalue weighted by Crippen LogP contribution is 2.34. The number of hydrogen-bond donors (Lipinski definition) is 1. The Bertz CT molecular complexity index is 1410. The first-order chi connectivity index (χ1) is 18.9. The summed E-state index contributed by atoms with van der Waals surface area (Å²) in [4.78, 5) is 30.5. The van der Waals surface area contributed by atoms with Gasteiger partial charge in [0.1, 0.15) is 11.4 Å². The predicted octanol–water partition coefficient (Wildman–Crippen LogP) is 5.61. The van der Waals surface area contributed by atoms with Crippen LogP contribution in [-0.2, 0) is 11.8 Å². The van der Waals surface area contributed by atoms with Crippen molar-refractivity contribution in [1.29, 1.82) is 0 Å². The maximum Gasteiger partial charge on any atom is 0.410 e. The van der Waals surface area contributed by atoms with Gasteiger partial charge in [-0.05, 0) is 94.5 Å². The smallest absolute Gasteiger partial charge is 0.410 e. The number of anilines is 1. The van der Waals surface area contributed by atoms with E-state index in [0.29, 0.717) is 29.8 Å². The lowest BCUT2D eigenvalue weighted by Gasteiger charge is -2.42. The Morgan fingerprint density at radius 1 is 1.07 bits per heavy atom. The van der Waals surface area contributed by atoms with Crippen LogP contribution in [-0.4, -0.2) is 57.5 Å². The first-order valence-electron chi connectivity index (χ1n) is 13.9. The lowest BCUT2D eigenvalue weighted by Crippen LogP contribution is -2.56. The number of fused-ring (bicyclic) bond motifs is 2. The summed E-state index contributed by atoms with van der Waals surface area (Å²) in [7, 11) is 1.81. The number of carbonyl (C=O) groups excluding carboxylic acids is 2. The van der Waals surface area contributed by atoms with Gasteiger partial charge >= 0.3 is 6.09 Å². The number of halogens is 1. The lowest BCUT2D eigenvalue weighted by atomic mass is 10.0. The topological polar surface area (TPSA) is 79.7 Å². The van der Waals surface area contributed by atoms with Gasteiger partial charge in [0, 0.05) is 43.1 Å². The highest BCUT2D eigenvalue weighted by Gasteiger charge is 2.44. The van der Waals surface area contributed by atoms with Crippen molar-refractivity contribution in [2.45, 2.75) is 71.2 Å². The molecular formula is C31H38FN5O3. The molecule has 2 aliphatic heterocycles. The fourth-order valence-corrected chi connectivity index (χ4v) is 5.73. The second-order valence-electron chi connectivity index (χ2n) is 12.0. The number of benzene rings is 2. The molecule has 212 valence electrons. The third-order valence-electron chi connectivity index (χ3n) is 7.72. The first-order valence-corrected chi connectivity index (χ1v) is 13.9. The number of nitrogens with zero attached hydrogens (tertiary/aromatic N) is 4. The summed E-state index contributed by atoms with van der Waals surface area (Å²) in [5.74, 6) is -0.579. The zero-order chi connectivity index (χ0) is 28.8. The Hall–Kier alpha value is -3.88. The van der Waals surface area contributed by atoms with Gasteiger partial charge in [0.05, 0.1) is 24.3 Å². The lowest BCUT2D eigenvalue weighted by molar-refractivity contribution is 0.0123. The van der Waals surface area contributed by atoms with Crippen LogP contribution in [0, 0.1) is 12.7 Å². The number of aryl methyl sites for hydroxylation is 2. The minimum Gasteiger partial charge on any atom is -0.444 e. The Labute approximate surface area is 235 Å². The summed E-state index contributed by atoms with van der Waals surface area (Å²) < 4.78 is 21.9. The Kier molecular flexibility index (Phi) is 7.33. The standard InChI is InChI=1S/C31H38FN5O3/c1-19-7-8-25(36-17-26-9-10-27(18-36)37(26)30(39)40-31(3,4)5)14-28(19)29(38)34-20(2)21-11-22(13-24(32)12-21)23-15-33-35(6)16-23/h7-8,11-16,20,26-27H,9-10,17-18H2,1-6H3,(H,34,38)/t20-,26-,27+/m1/s1. The van der Waals surface area contributed by atoms with Gasteiger partial charge in [-0.1, -0.05) is 6.07 Å². The van der Waals surface area contributed by atoms with Crippen LogP contribution in [0.15, 0.2) is 48.8 Å². The molecule has 0 saturated carbocycles. The van der Waals surface area contributed by atoms with Crippen LogP contribution in [0.25, 0.3) is 11.1 Å². The van der Waals surface area contributed by atoms with Crippen LogP contribution in [0.1, 0.15) is 68.1 Å². The molecule has 2 saturated heterocycles. The minimum atomic E-state index is -0.532. The van der Waals surface area contributed by atoms with Crippen molar-refractivity contribution in [2.24, 2.45) is 7.05 Å². The van der Waals surface area contributed by atoms with Gasteiger partial charge in [0.2, 0.25) is 0 Å². The van der Waals surface area contributed by atoms with Crippen LogP contribution in [0.2, 0.25) is 0 Å². The van der Waals surface area contributed by atoms with Crippen molar-refractivity contribution >= 4 is 17.7 Å². The van der Waals surface area contributed by atoms with Crippen molar-refractivity contribution < 1.29 is 18.7 Å². The van der Waals surface area contributed by atoms with E-state index in [2.05, 4.69) is 15.3 Å². The largest absolute Gasteiger partial charge is 0.444 e. The van der Waals surface area contributed by atoms with Gasteiger partial charge in [-0.25, -0.2) is 9.18 Å². The molecule has 9 heteroatoms. The molecule has 2 amide bonds. The quantitative estimate of drug-likeness (QED) is 0.449. The zero-order valence-electron chi connectivity index (χ0n) is 24.1. The Balaban J connectivity index is 1.30. The number of piperazine rings is 1. The van der Waals surface area contributed by atoms with E-state index in [4.69, 9.17) is 4.74 Å². The summed E-state index contributed by atoms with van der Waals surface area (Å²) in [5, 5.41) is 7.23. The molecule has 2 fully saturated rings. The van der Waals surface area contributed by atoms with Gasteiger partial charge in [-0.2, -0.15) is 5.10 Å². The highest BCUT2D eigenvalue weighted by atomic mass is 19.1. The van der Waals surface area contributed by atoms with Crippen molar-refractivity contribution in [3.05, 3.63) is 71.3 Å². The summed E-state index contributed by atoms with van der Waals surface area (Å²) in [6, 6.07) is 10.5. The molecule has 8 nitrogen and oxygen atoms in total. The van der Waals surface area contributed by atoms with E-state index < -0.39 is 11.6 Å². The van der Waals surface area contributed by atoms with Crippen LogP contribution >= 0.6 is 0 Å². The molecule has 2 aromatic carbocycles. The van der Waals surface area contributed by atoms with Crippen molar-refractivity contribution in [3.8, 4) is 11.1 Å². The number of carbonyl (C=O) groups is 2. The summed E-state index contributed by atoms with van der Waals surface area (Å²) in [5.41, 5.74) is 4.06. The SMILES string of the molecule is Cc1ccc(N2C[C@H]3CC[C@@H](C2)N3C(=O)OC(C)(C)C)cc1C(=O)N[C@H](C)c1cc(F)cc(-c2cnn(C)c2)c1. The minimum absolute atomic E-state index is 0.0780. The van der Waals surface area contributed by atoms with Crippen LogP contribution in [0.4, 0.5) is 14.9 Å². The van der Waals surface area contributed by atoms with Crippen LogP contribution in [0.3, 0.4) is 0 Å². The number of ether oxygens (including phenoxy) is 1. The third kappa shape index (κ3) is 5.83. The third-order valence-corrected chi connectivity index (χ3v) is 7.72. The Morgan fingerprint density at radius 2 is 1.77 bits per heavy atom. The molecule has 2 aliphatic rings. The second-order valence-corrected chi connectivity index (χ2v) is 12.0. The second kappa shape index (κ2) is 10.6. The average Bonchev–Trinajstić information content (AvgIpc) is 3.43. The molecule has 5 rings (SSSR count). The average molecular weight is 548 g/mol. The van der Waals surface area contributed by atoms with Crippen LogP contribution < -0.4 is 10.2 Å². The van der Waals surface area contributed by atoms with E-state index in [1.807, 2.05) is 77.0 Å². The monoisotopic (exact) mass is 547 g/mol. The van der Waals surface area contributed by atoms with Gasteiger partial charge in [-0.15, -0.1) is 0 Å². The van der Waals surface area contributed by atoms with E-state index in [9.17, 15) is 14.0 Å². The molecule has 2 bridgehead atoms. The van der Waals surface area contributed by atoms with Crippen molar-refractivity contribution in [3.63, 3.8) is 0 Å². The summed E-state index contributed by atoms with van der Waals surface area (Å²) >= 11 is 0. The molecule has 3 aromatic rings. The highest BCUT2D eigenvalue weighted by molar-refractivity contribution is 5.97. The number of hydrogen-bond acceptors (Lipinski definition) is 5. The molecule has 40 heavy (non-hydrogen) atoms. The fourth-order valence-electron chi connectivity index (χ4n) is 5.73. The number of rotatable bonds is 5.